The molecule has 0 amide bonds. The molecule has 1 aromatic rings. The van der Waals surface area contributed by atoms with E-state index < -0.39 is 0 Å². The number of nitrogens with zero attached hydrogens (tertiary/aromatic N) is 2. The van der Waals surface area contributed by atoms with E-state index in [4.69, 9.17) is 11.6 Å². The highest BCUT2D eigenvalue weighted by Gasteiger charge is 2.16. The molecule has 0 aromatic carbocycles. The van der Waals surface area contributed by atoms with E-state index in [1.54, 1.807) is 6.20 Å². The van der Waals surface area contributed by atoms with Crippen LogP contribution in [0, 0.1) is 0 Å². The number of halogens is 1. The lowest BCUT2D eigenvalue weighted by molar-refractivity contribution is 0.488. The quantitative estimate of drug-likeness (QED) is 0.818. The molecule has 0 spiro atoms. The number of hydrogen-bond acceptors (Lipinski definition) is 2. The van der Waals surface area contributed by atoms with Crippen molar-refractivity contribution in [3.8, 4) is 0 Å². The molecule has 0 saturated carbocycles. The number of hydrogen-bond donors (Lipinski definition) is 1. The molecule has 0 saturated heterocycles. The maximum atomic E-state index is 6.07. The largest absolute Gasteiger partial charge is 0.312 e. The number of aryl methyl sites for hydroxylation is 1. The summed E-state index contributed by atoms with van der Waals surface area (Å²) in [7, 11) is 3.89. The molecule has 1 heterocycles. The zero-order chi connectivity index (χ0) is 10.6. The van der Waals surface area contributed by atoms with Crippen LogP contribution in [0.15, 0.2) is 6.20 Å². The van der Waals surface area contributed by atoms with E-state index in [0.717, 1.165) is 17.1 Å². The summed E-state index contributed by atoms with van der Waals surface area (Å²) in [5, 5.41) is 8.17. The lowest BCUT2D eigenvalue weighted by Crippen LogP contribution is -2.19. The zero-order valence-electron chi connectivity index (χ0n) is 9.05. The van der Waals surface area contributed by atoms with Gasteiger partial charge in [0.2, 0.25) is 0 Å². The Bertz CT molecular complexity index is 263. The molecule has 0 aliphatic carbocycles. The fourth-order valence-electron chi connectivity index (χ4n) is 1.64. The Balaban J connectivity index is 2.77. The van der Waals surface area contributed by atoms with E-state index in [2.05, 4.69) is 17.3 Å². The third-order valence-electron chi connectivity index (χ3n) is 2.46. The average molecular weight is 216 g/mol. The molecule has 1 N–H and O–H groups in total. The second kappa shape index (κ2) is 5.37. The summed E-state index contributed by atoms with van der Waals surface area (Å²) < 4.78 is 1.85. The van der Waals surface area contributed by atoms with Crippen molar-refractivity contribution in [3.05, 3.63) is 16.9 Å². The van der Waals surface area contributed by atoms with Crippen molar-refractivity contribution < 1.29 is 0 Å². The second-order valence-electron chi connectivity index (χ2n) is 3.48. The third-order valence-corrected chi connectivity index (χ3v) is 2.75. The van der Waals surface area contributed by atoms with E-state index >= 15 is 0 Å². The SMILES string of the molecule is CCCCC(NC)c1c(Cl)cnn1C. The summed E-state index contributed by atoms with van der Waals surface area (Å²) in [6, 6.07) is 0.315. The molecular formula is C10H18ClN3. The summed E-state index contributed by atoms with van der Waals surface area (Å²) in [4.78, 5) is 0. The van der Waals surface area contributed by atoms with Crippen molar-refractivity contribution in [1.29, 1.82) is 0 Å². The molecular weight excluding hydrogens is 198 g/mol. The maximum Gasteiger partial charge on any atom is 0.0833 e. The molecule has 0 bridgehead atoms. The predicted molar refractivity (Wildman–Crippen MR) is 59.5 cm³/mol. The van der Waals surface area contributed by atoms with Crippen LogP contribution in [-0.4, -0.2) is 16.8 Å². The van der Waals surface area contributed by atoms with Gasteiger partial charge in [0.05, 0.1) is 23.0 Å². The van der Waals surface area contributed by atoms with E-state index in [1.165, 1.54) is 12.8 Å². The van der Waals surface area contributed by atoms with Crippen molar-refractivity contribution in [3.63, 3.8) is 0 Å². The van der Waals surface area contributed by atoms with E-state index in [9.17, 15) is 0 Å². The molecule has 4 heteroatoms. The van der Waals surface area contributed by atoms with Crippen LogP contribution in [-0.2, 0) is 7.05 Å². The summed E-state index contributed by atoms with van der Waals surface area (Å²) >= 11 is 6.07. The minimum absolute atomic E-state index is 0.315. The van der Waals surface area contributed by atoms with E-state index in [-0.39, 0.29) is 0 Å². The van der Waals surface area contributed by atoms with Crippen LogP contribution >= 0.6 is 11.6 Å². The van der Waals surface area contributed by atoms with Gasteiger partial charge in [-0.2, -0.15) is 5.10 Å². The van der Waals surface area contributed by atoms with Crippen molar-refractivity contribution in [1.82, 2.24) is 15.1 Å². The van der Waals surface area contributed by atoms with Crippen molar-refractivity contribution in [2.45, 2.75) is 32.2 Å². The Morgan fingerprint density at radius 1 is 1.64 bits per heavy atom. The average Bonchev–Trinajstić information content (AvgIpc) is 2.50. The standard InChI is InChI=1S/C10H18ClN3/c1-4-5-6-9(12-2)10-8(11)7-13-14(10)3/h7,9,12H,4-6H2,1-3H3. The van der Waals surface area contributed by atoms with Gasteiger partial charge in [-0.05, 0) is 13.5 Å². The number of aromatic nitrogens is 2. The van der Waals surface area contributed by atoms with Crippen LogP contribution in [0.1, 0.15) is 37.9 Å². The Kier molecular flexibility index (Phi) is 4.42. The van der Waals surface area contributed by atoms with Crippen LogP contribution in [0.2, 0.25) is 5.02 Å². The van der Waals surface area contributed by atoms with E-state index in [1.807, 2.05) is 18.8 Å². The van der Waals surface area contributed by atoms with Gasteiger partial charge >= 0.3 is 0 Å². The first-order valence-electron chi connectivity index (χ1n) is 5.05. The Hall–Kier alpha value is -0.540. The molecule has 0 aliphatic rings. The van der Waals surface area contributed by atoms with E-state index in [0.29, 0.717) is 6.04 Å². The van der Waals surface area contributed by atoms with Crippen LogP contribution in [0.3, 0.4) is 0 Å². The van der Waals surface area contributed by atoms with Gasteiger partial charge in [0.15, 0.2) is 0 Å². The minimum Gasteiger partial charge on any atom is -0.312 e. The van der Waals surface area contributed by atoms with Gasteiger partial charge in [0.25, 0.3) is 0 Å². The maximum absolute atomic E-state index is 6.07. The van der Waals surface area contributed by atoms with Gasteiger partial charge in [0.1, 0.15) is 0 Å². The Morgan fingerprint density at radius 2 is 2.36 bits per heavy atom. The first-order valence-corrected chi connectivity index (χ1v) is 5.43. The molecule has 0 aliphatic heterocycles. The van der Waals surface area contributed by atoms with Gasteiger partial charge < -0.3 is 5.32 Å². The highest BCUT2D eigenvalue weighted by molar-refractivity contribution is 6.31. The second-order valence-corrected chi connectivity index (χ2v) is 3.89. The molecule has 80 valence electrons. The fourth-order valence-corrected chi connectivity index (χ4v) is 1.94. The van der Waals surface area contributed by atoms with Gasteiger partial charge in [0, 0.05) is 7.05 Å². The summed E-state index contributed by atoms with van der Waals surface area (Å²) in [6.07, 6.45) is 5.21. The molecule has 3 nitrogen and oxygen atoms in total. The van der Waals surface area contributed by atoms with Crippen molar-refractivity contribution in [2.24, 2.45) is 7.05 Å². The lowest BCUT2D eigenvalue weighted by atomic mass is 10.1. The number of rotatable bonds is 5. The van der Waals surface area contributed by atoms with Crippen LogP contribution in [0.4, 0.5) is 0 Å². The topological polar surface area (TPSA) is 29.9 Å². The molecule has 1 unspecified atom stereocenters. The highest BCUT2D eigenvalue weighted by Crippen LogP contribution is 2.25. The number of nitrogens with one attached hydrogen (secondary N) is 1. The van der Waals surface area contributed by atoms with Gasteiger partial charge in [-0.1, -0.05) is 31.4 Å². The number of unbranched alkanes of at least 4 members (excludes halogenated alkanes) is 1. The normalized spacial score (nSPS) is 13.1. The molecule has 1 rings (SSSR count). The summed E-state index contributed by atoms with van der Waals surface area (Å²) in [6.45, 7) is 2.19. The van der Waals surface area contributed by atoms with Crippen LogP contribution in [0.5, 0.6) is 0 Å². The molecule has 1 aromatic heterocycles. The van der Waals surface area contributed by atoms with Gasteiger partial charge in [-0.15, -0.1) is 0 Å². The van der Waals surface area contributed by atoms with Crippen molar-refractivity contribution in [2.75, 3.05) is 7.05 Å². The Labute approximate surface area is 90.4 Å². The summed E-state index contributed by atoms with van der Waals surface area (Å²) in [5.41, 5.74) is 1.09. The van der Waals surface area contributed by atoms with Crippen molar-refractivity contribution >= 4 is 11.6 Å². The Morgan fingerprint density at radius 3 is 2.79 bits per heavy atom. The smallest absolute Gasteiger partial charge is 0.0833 e. The lowest BCUT2D eigenvalue weighted by Gasteiger charge is -2.16. The zero-order valence-corrected chi connectivity index (χ0v) is 9.80. The first-order chi connectivity index (χ1) is 6.70. The monoisotopic (exact) mass is 215 g/mol. The molecule has 1 atom stereocenters. The van der Waals surface area contributed by atoms with Crippen LogP contribution in [0.25, 0.3) is 0 Å². The molecule has 14 heavy (non-hydrogen) atoms. The molecule has 0 radical (unpaired) electrons. The predicted octanol–water partition coefficient (Wildman–Crippen LogP) is 2.52. The van der Waals surface area contributed by atoms with Crippen LogP contribution < -0.4 is 5.32 Å². The third kappa shape index (κ3) is 2.49. The van der Waals surface area contributed by atoms with Gasteiger partial charge in [-0.25, -0.2) is 0 Å². The molecule has 0 fully saturated rings. The fraction of sp³-hybridized carbons (Fsp3) is 0.700. The highest BCUT2D eigenvalue weighted by atomic mass is 35.5. The first kappa shape index (κ1) is 11.5. The van der Waals surface area contributed by atoms with Gasteiger partial charge in [-0.3, -0.25) is 4.68 Å². The minimum atomic E-state index is 0.315. The summed E-state index contributed by atoms with van der Waals surface area (Å²) in [5.74, 6) is 0.